The van der Waals surface area contributed by atoms with Gasteiger partial charge in [0.2, 0.25) is 5.91 Å². The Morgan fingerprint density at radius 1 is 1.20 bits per heavy atom. The zero-order valence-electron chi connectivity index (χ0n) is 11.8. The molecule has 0 aromatic heterocycles. The highest BCUT2D eigenvalue weighted by Crippen LogP contribution is 2.26. The lowest BCUT2D eigenvalue weighted by atomic mass is 10.1. The molecule has 0 aliphatic heterocycles. The van der Waals surface area contributed by atoms with E-state index in [-0.39, 0.29) is 5.91 Å². The van der Waals surface area contributed by atoms with Crippen molar-refractivity contribution in [2.24, 2.45) is 5.84 Å². The maximum atomic E-state index is 11.2. The molecule has 0 bridgehead atoms. The van der Waals surface area contributed by atoms with Crippen molar-refractivity contribution in [3.63, 3.8) is 0 Å². The van der Waals surface area contributed by atoms with E-state index in [4.69, 9.17) is 5.84 Å². The average Bonchev–Trinajstić information content (AvgIpc) is 2.51. The Bertz CT molecular complexity index is 577. The minimum atomic E-state index is -0.112. The molecule has 3 N–H and O–H groups in total. The molecule has 2 aromatic carbocycles. The number of nitrogens with two attached hydrogens (primary N) is 1. The van der Waals surface area contributed by atoms with E-state index < -0.39 is 0 Å². The van der Waals surface area contributed by atoms with E-state index >= 15 is 0 Å². The first-order chi connectivity index (χ1) is 9.76. The Labute approximate surface area is 119 Å². The Balaban J connectivity index is 2.15. The van der Waals surface area contributed by atoms with Crippen LogP contribution in [0.15, 0.2) is 42.5 Å². The highest BCUT2D eigenvalue weighted by molar-refractivity contribution is 5.94. The minimum absolute atomic E-state index is 0.112. The summed E-state index contributed by atoms with van der Waals surface area (Å²) in [7, 11) is 0. The highest BCUT2D eigenvalue weighted by Gasteiger charge is 2.08. The molecule has 1 amide bonds. The average molecular weight is 271 g/mol. The number of amides is 1. The molecular formula is C16H21N3O. The molecule has 0 saturated heterocycles. The lowest BCUT2D eigenvalue weighted by Gasteiger charge is -2.24. The number of rotatable bonds is 6. The molecule has 0 unspecified atom stereocenters. The maximum absolute atomic E-state index is 11.2. The predicted molar refractivity (Wildman–Crippen MR) is 83.4 cm³/mol. The van der Waals surface area contributed by atoms with Gasteiger partial charge in [-0.3, -0.25) is 10.2 Å². The Morgan fingerprint density at radius 3 is 2.70 bits per heavy atom. The van der Waals surface area contributed by atoms with Crippen LogP contribution in [0.5, 0.6) is 0 Å². The minimum Gasteiger partial charge on any atom is -0.371 e. The standard InChI is InChI=1S/C16H21N3O/c1-2-19(12-6-11-16(20)18-17)15-10-5-8-13-7-3-4-9-14(13)15/h3-5,7-10H,2,6,11-12,17H2,1H3,(H,18,20). The monoisotopic (exact) mass is 271 g/mol. The number of carbonyl (C=O) groups excluding carboxylic acids is 1. The molecule has 0 heterocycles. The smallest absolute Gasteiger partial charge is 0.233 e. The third-order valence-corrected chi connectivity index (χ3v) is 3.48. The Morgan fingerprint density at radius 2 is 1.95 bits per heavy atom. The van der Waals surface area contributed by atoms with E-state index in [9.17, 15) is 4.79 Å². The van der Waals surface area contributed by atoms with Crippen LogP contribution in [-0.4, -0.2) is 19.0 Å². The molecule has 0 saturated carbocycles. The van der Waals surface area contributed by atoms with Gasteiger partial charge in [-0.2, -0.15) is 0 Å². The number of hydrazine groups is 1. The van der Waals surface area contributed by atoms with Gasteiger partial charge in [0.1, 0.15) is 0 Å². The van der Waals surface area contributed by atoms with Crippen molar-refractivity contribution in [2.75, 3.05) is 18.0 Å². The SMILES string of the molecule is CCN(CCCC(=O)NN)c1cccc2ccccc12. The Hall–Kier alpha value is -2.07. The molecule has 0 spiro atoms. The van der Waals surface area contributed by atoms with Crippen LogP contribution in [0, 0.1) is 0 Å². The number of carbonyl (C=O) groups is 1. The molecular weight excluding hydrogens is 250 g/mol. The van der Waals surface area contributed by atoms with E-state index in [0.29, 0.717) is 6.42 Å². The number of benzene rings is 2. The molecule has 0 fully saturated rings. The summed E-state index contributed by atoms with van der Waals surface area (Å²) in [5.41, 5.74) is 3.39. The fourth-order valence-corrected chi connectivity index (χ4v) is 2.44. The lowest BCUT2D eigenvalue weighted by molar-refractivity contribution is -0.121. The first kappa shape index (κ1) is 14.3. The topological polar surface area (TPSA) is 58.4 Å². The van der Waals surface area contributed by atoms with Gasteiger partial charge in [0, 0.05) is 30.6 Å². The quantitative estimate of drug-likeness (QED) is 0.482. The number of hydrogen-bond donors (Lipinski definition) is 2. The second-order valence-electron chi connectivity index (χ2n) is 4.75. The van der Waals surface area contributed by atoms with E-state index in [1.165, 1.54) is 16.5 Å². The van der Waals surface area contributed by atoms with Crippen LogP contribution < -0.4 is 16.2 Å². The van der Waals surface area contributed by atoms with Crippen molar-refractivity contribution < 1.29 is 4.79 Å². The van der Waals surface area contributed by atoms with Crippen LogP contribution in [0.4, 0.5) is 5.69 Å². The van der Waals surface area contributed by atoms with Gasteiger partial charge < -0.3 is 4.90 Å². The fraction of sp³-hybridized carbons (Fsp3) is 0.312. The molecule has 0 aliphatic carbocycles. The van der Waals surface area contributed by atoms with Crippen molar-refractivity contribution in [2.45, 2.75) is 19.8 Å². The van der Waals surface area contributed by atoms with Crippen LogP contribution in [0.3, 0.4) is 0 Å². The van der Waals surface area contributed by atoms with Crippen molar-refractivity contribution in [3.05, 3.63) is 42.5 Å². The van der Waals surface area contributed by atoms with Gasteiger partial charge in [-0.05, 0) is 24.8 Å². The van der Waals surface area contributed by atoms with Gasteiger partial charge >= 0.3 is 0 Å². The molecule has 0 aliphatic rings. The number of anilines is 1. The maximum Gasteiger partial charge on any atom is 0.233 e. The van der Waals surface area contributed by atoms with Gasteiger partial charge in [-0.25, -0.2) is 5.84 Å². The molecule has 4 heteroatoms. The lowest BCUT2D eigenvalue weighted by Crippen LogP contribution is -2.31. The number of fused-ring (bicyclic) bond motifs is 1. The summed E-state index contributed by atoms with van der Waals surface area (Å²) < 4.78 is 0. The summed E-state index contributed by atoms with van der Waals surface area (Å²) in [6.45, 7) is 3.89. The van der Waals surface area contributed by atoms with Crippen LogP contribution in [0.25, 0.3) is 10.8 Å². The largest absolute Gasteiger partial charge is 0.371 e. The second-order valence-corrected chi connectivity index (χ2v) is 4.75. The fourth-order valence-electron chi connectivity index (χ4n) is 2.44. The predicted octanol–water partition coefficient (Wildman–Crippen LogP) is 2.44. The third kappa shape index (κ3) is 3.27. The Kier molecular flexibility index (Phi) is 4.96. The zero-order valence-corrected chi connectivity index (χ0v) is 11.8. The zero-order chi connectivity index (χ0) is 14.4. The first-order valence-corrected chi connectivity index (χ1v) is 6.98. The summed E-state index contributed by atoms with van der Waals surface area (Å²) >= 11 is 0. The summed E-state index contributed by atoms with van der Waals surface area (Å²) in [5.74, 6) is 4.98. The van der Waals surface area contributed by atoms with Gasteiger partial charge in [0.05, 0.1) is 0 Å². The summed E-state index contributed by atoms with van der Waals surface area (Å²) in [6.07, 6.45) is 1.25. The molecule has 0 radical (unpaired) electrons. The van der Waals surface area contributed by atoms with Crippen molar-refractivity contribution in [1.82, 2.24) is 5.43 Å². The van der Waals surface area contributed by atoms with Gasteiger partial charge in [-0.1, -0.05) is 36.4 Å². The van der Waals surface area contributed by atoms with Gasteiger partial charge in [-0.15, -0.1) is 0 Å². The molecule has 2 rings (SSSR count). The van der Waals surface area contributed by atoms with E-state index in [1.807, 2.05) is 6.07 Å². The van der Waals surface area contributed by atoms with Crippen LogP contribution in [-0.2, 0) is 4.79 Å². The van der Waals surface area contributed by atoms with Crippen LogP contribution in [0.2, 0.25) is 0 Å². The molecule has 20 heavy (non-hydrogen) atoms. The third-order valence-electron chi connectivity index (χ3n) is 3.48. The van der Waals surface area contributed by atoms with E-state index in [2.05, 4.69) is 53.6 Å². The summed E-state index contributed by atoms with van der Waals surface area (Å²) in [6, 6.07) is 14.7. The number of nitrogens with zero attached hydrogens (tertiary/aromatic N) is 1. The van der Waals surface area contributed by atoms with Gasteiger partial charge in [0.15, 0.2) is 0 Å². The molecule has 0 atom stereocenters. The van der Waals surface area contributed by atoms with E-state index in [1.54, 1.807) is 0 Å². The summed E-state index contributed by atoms with van der Waals surface area (Å²) in [5, 5.41) is 2.49. The molecule has 2 aromatic rings. The second kappa shape index (κ2) is 6.91. The first-order valence-electron chi connectivity index (χ1n) is 6.98. The van der Waals surface area contributed by atoms with Crippen LogP contribution in [0.1, 0.15) is 19.8 Å². The number of nitrogens with one attached hydrogen (secondary N) is 1. The van der Waals surface area contributed by atoms with Gasteiger partial charge in [0.25, 0.3) is 0 Å². The van der Waals surface area contributed by atoms with Crippen molar-refractivity contribution in [3.8, 4) is 0 Å². The molecule has 4 nitrogen and oxygen atoms in total. The number of hydrogen-bond acceptors (Lipinski definition) is 3. The van der Waals surface area contributed by atoms with Crippen molar-refractivity contribution >= 4 is 22.4 Å². The van der Waals surface area contributed by atoms with Crippen molar-refractivity contribution in [1.29, 1.82) is 0 Å². The normalized spacial score (nSPS) is 10.5. The highest BCUT2D eigenvalue weighted by atomic mass is 16.2. The molecule has 106 valence electrons. The van der Waals surface area contributed by atoms with E-state index in [0.717, 1.165) is 19.5 Å². The summed E-state index contributed by atoms with van der Waals surface area (Å²) in [4.78, 5) is 13.5. The van der Waals surface area contributed by atoms with Crippen LogP contribution >= 0.6 is 0 Å².